The first-order valence-electron chi connectivity index (χ1n) is 14.8. The number of ether oxygens (including phenoxy) is 1. The molecular formula is C35H34ClF3N2O3. The number of nitrogens with zero attached hydrogens (tertiary/aromatic N) is 1. The van der Waals surface area contributed by atoms with E-state index in [0.29, 0.717) is 50.8 Å². The summed E-state index contributed by atoms with van der Waals surface area (Å²) in [6.07, 6.45) is 7.23. The Balaban J connectivity index is 1.33. The number of amides is 1. The van der Waals surface area contributed by atoms with Crippen LogP contribution >= 0.6 is 11.6 Å². The van der Waals surface area contributed by atoms with Gasteiger partial charge in [0, 0.05) is 29.3 Å². The molecule has 1 aliphatic carbocycles. The van der Waals surface area contributed by atoms with E-state index >= 15 is 0 Å². The van der Waals surface area contributed by atoms with Crippen molar-refractivity contribution in [2.75, 3.05) is 26.2 Å². The summed E-state index contributed by atoms with van der Waals surface area (Å²) in [5.41, 5.74) is 2.44. The second-order valence-electron chi connectivity index (χ2n) is 11.3. The maximum atomic E-state index is 13.9. The van der Waals surface area contributed by atoms with E-state index < -0.39 is 17.7 Å². The summed E-state index contributed by atoms with van der Waals surface area (Å²) >= 11 is 6.47. The molecule has 1 heterocycles. The average Bonchev–Trinajstić information content (AvgIpc) is 3.00. The lowest BCUT2D eigenvalue weighted by Gasteiger charge is -2.27. The number of aryl methyl sites for hydroxylation is 1. The van der Waals surface area contributed by atoms with Gasteiger partial charge < -0.3 is 10.1 Å². The molecule has 3 aromatic rings. The molecule has 1 saturated carbocycles. The van der Waals surface area contributed by atoms with E-state index in [4.69, 9.17) is 16.3 Å². The Labute approximate surface area is 260 Å². The Morgan fingerprint density at radius 1 is 0.909 bits per heavy atom. The van der Waals surface area contributed by atoms with Gasteiger partial charge in [-0.05, 0) is 117 Å². The average molecular weight is 623 g/mol. The van der Waals surface area contributed by atoms with Crippen molar-refractivity contribution in [1.29, 1.82) is 0 Å². The maximum absolute atomic E-state index is 13.9. The highest BCUT2D eigenvalue weighted by Gasteiger charge is 2.29. The molecule has 44 heavy (non-hydrogen) atoms. The Hall–Kier alpha value is -3.88. The number of hydrogen-bond acceptors (Lipinski definition) is 4. The zero-order valence-electron chi connectivity index (χ0n) is 24.5. The van der Waals surface area contributed by atoms with Crippen molar-refractivity contribution in [2.24, 2.45) is 0 Å². The molecular weight excluding hydrogens is 589 g/mol. The highest BCUT2D eigenvalue weighted by atomic mass is 35.5. The van der Waals surface area contributed by atoms with Crippen LogP contribution in [0, 0.1) is 24.4 Å². The number of nitrogens with one attached hydrogen (secondary N) is 1. The Kier molecular flexibility index (Phi) is 10.2. The van der Waals surface area contributed by atoms with Crippen LogP contribution in [0.1, 0.15) is 59.2 Å². The van der Waals surface area contributed by atoms with Gasteiger partial charge >= 0.3 is 0 Å². The molecule has 1 unspecified atom stereocenters. The minimum atomic E-state index is -1.03. The van der Waals surface area contributed by atoms with Gasteiger partial charge in [-0.25, -0.2) is 13.2 Å². The number of likely N-dealkylation sites (tertiary alicyclic amines) is 1. The number of Topliss-reactive ketones (excluding diaryl/α,β-unsaturated/α-hetero) is 1. The second kappa shape index (κ2) is 14.3. The highest BCUT2D eigenvalue weighted by Crippen LogP contribution is 2.30. The smallest absolute Gasteiger partial charge is 0.251 e. The van der Waals surface area contributed by atoms with Crippen molar-refractivity contribution in [1.82, 2.24) is 10.2 Å². The molecule has 1 N–H and O–H groups in total. The van der Waals surface area contributed by atoms with Gasteiger partial charge in [-0.2, -0.15) is 0 Å². The molecule has 1 atom stereocenters. The number of benzene rings is 3. The van der Waals surface area contributed by atoms with Crippen LogP contribution in [-0.2, 0) is 4.79 Å². The number of carbonyl (C=O) groups excluding carboxylic acids is 2. The lowest BCUT2D eigenvalue weighted by atomic mass is 9.83. The fraction of sp³-hybridized carbons (Fsp3) is 0.314. The zero-order valence-corrected chi connectivity index (χ0v) is 25.2. The first-order valence-corrected chi connectivity index (χ1v) is 15.2. The fourth-order valence-electron chi connectivity index (χ4n) is 5.60. The zero-order chi connectivity index (χ0) is 31.2. The van der Waals surface area contributed by atoms with Crippen molar-refractivity contribution in [3.05, 3.63) is 110 Å². The molecule has 3 aromatic carbocycles. The summed E-state index contributed by atoms with van der Waals surface area (Å²) in [4.78, 5) is 29.1. The maximum Gasteiger partial charge on any atom is 0.251 e. The molecule has 230 valence electrons. The molecule has 0 radical (unpaired) electrons. The third kappa shape index (κ3) is 7.98. The van der Waals surface area contributed by atoms with Gasteiger partial charge in [-0.1, -0.05) is 30.2 Å². The Morgan fingerprint density at radius 2 is 1.57 bits per heavy atom. The molecule has 0 bridgehead atoms. The van der Waals surface area contributed by atoms with Gasteiger partial charge in [0.05, 0.1) is 5.02 Å². The molecule has 1 aliphatic heterocycles. The molecule has 1 saturated heterocycles. The van der Waals surface area contributed by atoms with E-state index in [1.807, 2.05) is 0 Å². The normalized spacial score (nSPS) is 19.4. The molecule has 0 spiro atoms. The van der Waals surface area contributed by atoms with E-state index in [0.717, 1.165) is 31.8 Å². The number of rotatable bonds is 8. The van der Waals surface area contributed by atoms with E-state index in [-0.39, 0.29) is 30.3 Å². The molecule has 2 fully saturated rings. The fourth-order valence-corrected chi connectivity index (χ4v) is 5.84. The Bertz CT molecular complexity index is 1540. The van der Waals surface area contributed by atoms with Crippen LogP contribution in [-0.4, -0.2) is 48.9 Å². The summed E-state index contributed by atoms with van der Waals surface area (Å²) in [7, 11) is 0. The monoisotopic (exact) mass is 622 g/mol. The summed E-state index contributed by atoms with van der Waals surface area (Å²) in [6.45, 7) is 5.08. The van der Waals surface area contributed by atoms with Crippen LogP contribution in [0.5, 0.6) is 5.75 Å². The van der Waals surface area contributed by atoms with Gasteiger partial charge in [0.2, 0.25) is 0 Å². The van der Waals surface area contributed by atoms with Crippen LogP contribution in [0.15, 0.2) is 65.7 Å². The molecule has 9 heteroatoms. The first-order chi connectivity index (χ1) is 21.2. The summed E-state index contributed by atoms with van der Waals surface area (Å²) in [6, 6.07) is 12.3. The minimum Gasteiger partial charge on any atom is -0.491 e. The quantitative estimate of drug-likeness (QED) is 0.264. The third-order valence-electron chi connectivity index (χ3n) is 7.97. The molecule has 1 amide bonds. The summed E-state index contributed by atoms with van der Waals surface area (Å²) in [5, 5.41) is 3.31. The number of hydrogen-bond donors (Lipinski definition) is 1. The van der Waals surface area contributed by atoms with Crippen LogP contribution in [0.25, 0.3) is 12.2 Å². The second-order valence-corrected chi connectivity index (χ2v) is 11.7. The number of halogens is 4. The molecule has 2 aliphatic rings. The largest absolute Gasteiger partial charge is 0.491 e. The van der Waals surface area contributed by atoms with Gasteiger partial charge in [0.15, 0.2) is 17.4 Å². The van der Waals surface area contributed by atoms with E-state index in [9.17, 15) is 22.8 Å². The number of ketones is 1. The van der Waals surface area contributed by atoms with E-state index in [2.05, 4.69) is 10.2 Å². The number of carbonyl (C=O) groups is 2. The van der Waals surface area contributed by atoms with Crippen molar-refractivity contribution in [2.45, 2.75) is 45.1 Å². The molecule has 0 aromatic heterocycles. The highest BCUT2D eigenvalue weighted by molar-refractivity contribution is 6.32. The third-order valence-corrected chi connectivity index (χ3v) is 8.26. The van der Waals surface area contributed by atoms with Crippen molar-refractivity contribution in [3.63, 3.8) is 0 Å². The molecule has 5 nitrogen and oxygen atoms in total. The van der Waals surface area contributed by atoms with Crippen LogP contribution < -0.4 is 10.1 Å². The molecule has 5 rings (SSSR count). The standard InChI is InChI=1S/C35H34ClF3N2O3/c1-22-15-23(5-8-30(22)37)16-26-19-28(20-27(34(26)42)17-24-6-9-31(38)32(39)18-24)40-35(43)25-7-10-33(29(36)21-25)44-14-13-41-11-3-2-4-12-41/h5-10,15-18,21,28H,2-4,11-14,19-20H2,1H3,(H,40,43)/b26-16+,27-17+. The Morgan fingerprint density at radius 3 is 2.20 bits per heavy atom. The number of piperidine rings is 1. The predicted octanol–water partition coefficient (Wildman–Crippen LogP) is 7.56. The van der Waals surface area contributed by atoms with Gasteiger partial charge in [-0.15, -0.1) is 0 Å². The van der Waals surface area contributed by atoms with E-state index in [1.165, 1.54) is 37.5 Å². The van der Waals surface area contributed by atoms with Crippen LogP contribution in [0.4, 0.5) is 13.2 Å². The van der Waals surface area contributed by atoms with Gasteiger partial charge in [0.25, 0.3) is 5.91 Å². The van der Waals surface area contributed by atoms with Crippen LogP contribution in [0.3, 0.4) is 0 Å². The first kappa shape index (κ1) is 31.5. The summed E-state index contributed by atoms with van der Waals surface area (Å²) in [5.74, 6) is -2.53. The van der Waals surface area contributed by atoms with Gasteiger partial charge in [0.1, 0.15) is 18.2 Å². The predicted molar refractivity (Wildman–Crippen MR) is 166 cm³/mol. The van der Waals surface area contributed by atoms with Crippen molar-refractivity contribution < 1.29 is 27.5 Å². The van der Waals surface area contributed by atoms with Gasteiger partial charge in [-0.3, -0.25) is 14.5 Å². The van der Waals surface area contributed by atoms with Crippen LogP contribution in [0.2, 0.25) is 5.02 Å². The minimum absolute atomic E-state index is 0.175. The summed E-state index contributed by atoms with van der Waals surface area (Å²) < 4.78 is 47.2. The lowest BCUT2D eigenvalue weighted by molar-refractivity contribution is -0.113. The topological polar surface area (TPSA) is 58.6 Å². The lowest BCUT2D eigenvalue weighted by Crippen LogP contribution is -2.39. The van der Waals surface area contributed by atoms with Crippen molar-refractivity contribution >= 4 is 35.4 Å². The van der Waals surface area contributed by atoms with E-state index in [1.54, 1.807) is 43.3 Å². The SMILES string of the molecule is Cc1cc(/C=C2\CC(NC(=O)c3ccc(OCCN4CCCCC4)c(Cl)c3)C/C(=C\c3ccc(F)c(F)c3)C2=O)ccc1F. The van der Waals surface area contributed by atoms with Crippen molar-refractivity contribution in [3.8, 4) is 5.75 Å².